The van der Waals surface area contributed by atoms with E-state index in [1.807, 2.05) is 6.92 Å². The van der Waals surface area contributed by atoms with Gasteiger partial charge in [-0.1, -0.05) is 6.92 Å². The third kappa shape index (κ3) is 3.61. The highest BCUT2D eigenvalue weighted by molar-refractivity contribution is 5.82. The monoisotopic (exact) mass is 279 g/mol. The summed E-state index contributed by atoms with van der Waals surface area (Å²) < 4.78 is 43.3. The van der Waals surface area contributed by atoms with Crippen LogP contribution in [0.5, 0.6) is 0 Å². The van der Waals surface area contributed by atoms with Crippen molar-refractivity contribution < 1.29 is 22.7 Å². The van der Waals surface area contributed by atoms with Gasteiger partial charge in [0.25, 0.3) is 5.91 Å². The first kappa shape index (κ1) is 14.6. The highest BCUT2D eigenvalue weighted by atomic mass is 19.4. The Morgan fingerprint density at radius 2 is 2.00 bits per heavy atom. The van der Waals surface area contributed by atoms with Gasteiger partial charge in [0.05, 0.1) is 0 Å². The first-order valence-electron chi connectivity index (χ1n) is 6.78. The minimum absolute atomic E-state index is 0.00497. The maximum atomic E-state index is 12.7. The number of hydrogen-bond acceptors (Lipinski definition) is 2. The molecule has 1 saturated carbocycles. The number of nitrogens with zero attached hydrogens (tertiary/aromatic N) is 1. The van der Waals surface area contributed by atoms with E-state index in [-0.39, 0.29) is 17.9 Å². The van der Waals surface area contributed by atoms with E-state index in [0.29, 0.717) is 6.61 Å². The Morgan fingerprint density at radius 1 is 1.37 bits per heavy atom. The van der Waals surface area contributed by atoms with Gasteiger partial charge in [-0.2, -0.15) is 13.2 Å². The molecule has 1 amide bonds. The lowest BCUT2D eigenvalue weighted by atomic mass is 10.0. The number of ether oxygens (including phenoxy) is 1. The fourth-order valence-corrected chi connectivity index (χ4v) is 2.62. The summed E-state index contributed by atoms with van der Waals surface area (Å²) in [5.74, 6) is -0.292. The third-order valence-electron chi connectivity index (χ3n) is 4.06. The van der Waals surface area contributed by atoms with Crippen LogP contribution in [0.2, 0.25) is 0 Å². The van der Waals surface area contributed by atoms with E-state index in [0.717, 1.165) is 24.2 Å². The van der Waals surface area contributed by atoms with Crippen LogP contribution < -0.4 is 0 Å². The first-order valence-corrected chi connectivity index (χ1v) is 6.78. The van der Waals surface area contributed by atoms with Gasteiger partial charge in [0, 0.05) is 12.6 Å². The zero-order valence-corrected chi connectivity index (χ0v) is 11.2. The molecule has 2 rings (SSSR count). The van der Waals surface area contributed by atoms with Gasteiger partial charge >= 0.3 is 6.18 Å². The molecule has 0 bridgehead atoms. The van der Waals surface area contributed by atoms with Gasteiger partial charge in [0.2, 0.25) is 0 Å². The third-order valence-corrected chi connectivity index (χ3v) is 4.06. The summed E-state index contributed by atoms with van der Waals surface area (Å²) in [5, 5.41) is 0. The van der Waals surface area contributed by atoms with Gasteiger partial charge in [-0.05, 0) is 38.0 Å². The van der Waals surface area contributed by atoms with Crippen molar-refractivity contribution in [3.63, 3.8) is 0 Å². The number of carbonyl (C=O) groups excluding carboxylic acids is 1. The van der Waals surface area contributed by atoms with Crippen molar-refractivity contribution in [1.82, 2.24) is 4.90 Å². The average Bonchev–Trinajstić information content (AvgIpc) is 3.06. The molecule has 6 heteroatoms. The molecule has 0 N–H and O–H groups in total. The van der Waals surface area contributed by atoms with Gasteiger partial charge in [0.1, 0.15) is 12.6 Å². The van der Waals surface area contributed by atoms with E-state index < -0.39 is 24.7 Å². The van der Waals surface area contributed by atoms with Crippen LogP contribution in [-0.4, -0.2) is 42.3 Å². The number of rotatable bonds is 4. The number of hydrogen-bond donors (Lipinski definition) is 0. The van der Waals surface area contributed by atoms with Gasteiger partial charge in [0.15, 0.2) is 0 Å². The van der Waals surface area contributed by atoms with Crippen LogP contribution >= 0.6 is 0 Å². The van der Waals surface area contributed by atoms with Crippen LogP contribution in [0.25, 0.3) is 0 Å². The van der Waals surface area contributed by atoms with E-state index in [2.05, 4.69) is 0 Å². The Kier molecular flexibility index (Phi) is 4.08. The second kappa shape index (κ2) is 5.31. The summed E-state index contributed by atoms with van der Waals surface area (Å²) in [4.78, 5) is 13.3. The Hall–Kier alpha value is -0.780. The first-order chi connectivity index (χ1) is 8.79. The van der Waals surface area contributed by atoms with Crippen molar-refractivity contribution in [2.75, 3.05) is 13.2 Å². The Labute approximate surface area is 111 Å². The van der Waals surface area contributed by atoms with Crippen molar-refractivity contribution in [3.8, 4) is 0 Å². The molecule has 3 atom stereocenters. The summed E-state index contributed by atoms with van der Waals surface area (Å²) in [5.41, 5.74) is 0. The lowest BCUT2D eigenvalue weighted by Crippen LogP contribution is -2.50. The summed E-state index contributed by atoms with van der Waals surface area (Å²) in [6.45, 7) is 2.84. The predicted molar refractivity (Wildman–Crippen MR) is 63.5 cm³/mol. The zero-order valence-electron chi connectivity index (χ0n) is 11.2. The molecule has 1 aliphatic heterocycles. The molecule has 1 aliphatic carbocycles. The van der Waals surface area contributed by atoms with Crippen molar-refractivity contribution in [3.05, 3.63) is 0 Å². The molecule has 0 aromatic carbocycles. The van der Waals surface area contributed by atoms with E-state index >= 15 is 0 Å². The van der Waals surface area contributed by atoms with E-state index in [1.165, 1.54) is 0 Å². The van der Waals surface area contributed by atoms with Crippen molar-refractivity contribution in [2.24, 2.45) is 11.8 Å². The maximum absolute atomic E-state index is 12.7. The number of carbonyl (C=O) groups is 1. The Bertz CT molecular complexity index is 341. The van der Waals surface area contributed by atoms with Gasteiger partial charge in [-0.15, -0.1) is 0 Å². The number of alkyl halides is 3. The molecule has 0 unspecified atom stereocenters. The SMILES string of the molecule is C[C@@H]1CCO[C@@H]1C(=O)N(CC(F)(F)F)[C@H](C)C1CC1. The van der Waals surface area contributed by atoms with Crippen LogP contribution in [0, 0.1) is 11.8 Å². The lowest BCUT2D eigenvalue weighted by Gasteiger charge is -2.33. The molecular weight excluding hydrogens is 259 g/mol. The average molecular weight is 279 g/mol. The molecule has 0 aromatic rings. The lowest BCUT2D eigenvalue weighted by molar-refractivity contribution is -0.172. The Balaban J connectivity index is 2.09. The van der Waals surface area contributed by atoms with Crippen molar-refractivity contribution in [1.29, 1.82) is 0 Å². The van der Waals surface area contributed by atoms with Crippen molar-refractivity contribution >= 4 is 5.91 Å². The molecule has 0 aromatic heterocycles. The minimum atomic E-state index is -4.36. The molecule has 2 fully saturated rings. The molecular formula is C13H20F3NO2. The summed E-state index contributed by atoms with van der Waals surface area (Å²) in [6.07, 6.45) is -2.52. The van der Waals surface area contributed by atoms with Gasteiger partial charge in [-0.3, -0.25) is 4.79 Å². The molecule has 3 nitrogen and oxygen atoms in total. The largest absolute Gasteiger partial charge is 0.406 e. The van der Waals surface area contributed by atoms with Crippen LogP contribution in [0.1, 0.15) is 33.1 Å². The highest BCUT2D eigenvalue weighted by Crippen LogP contribution is 2.37. The summed E-state index contributed by atoms with van der Waals surface area (Å²) in [6, 6.07) is -0.356. The molecule has 110 valence electrons. The maximum Gasteiger partial charge on any atom is 0.406 e. The van der Waals surface area contributed by atoms with E-state index in [1.54, 1.807) is 6.92 Å². The quantitative estimate of drug-likeness (QED) is 0.791. The highest BCUT2D eigenvalue weighted by Gasteiger charge is 2.44. The standard InChI is InChI=1S/C13H20F3NO2/c1-8-5-6-19-11(8)12(18)17(7-13(14,15)16)9(2)10-3-4-10/h8-11H,3-7H2,1-2H3/t8-,9-,11+/m1/s1. The molecule has 0 spiro atoms. The topological polar surface area (TPSA) is 29.5 Å². The normalized spacial score (nSPS) is 29.3. The Morgan fingerprint density at radius 3 is 2.42 bits per heavy atom. The van der Waals surface area contributed by atoms with E-state index in [4.69, 9.17) is 4.74 Å². The minimum Gasteiger partial charge on any atom is -0.368 e. The zero-order chi connectivity index (χ0) is 14.2. The fraction of sp³-hybridized carbons (Fsp3) is 0.923. The van der Waals surface area contributed by atoms with Crippen molar-refractivity contribution in [2.45, 2.75) is 51.4 Å². The number of halogens is 3. The second-order valence-electron chi connectivity index (χ2n) is 5.72. The molecule has 1 saturated heterocycles. The smallest absolute Gasteiger partial charge is 0.368 e. The van der Waals surface area contributed by atoms with Crippen LogP contribution in [0.3, 0.4) is 0 Å². The number of amides is 1. The van der Waals surface area contributed by atoms with Gasteiger partial charge in [-0.25, -0.2) is 0 Å². The van der Waals surface area contributed by atoms with Crippen LogP contribution in [0.15, 0.2) is 0 Å². The predicted octanol–water partition coefficient (Wildman–Crippen LogP) is 2.60. The summed E-state index contributed by atoms with van der Waals surface area (Å²) in [7, 11) is 0. The van der Waals surface area contributed by atoms with Crippen LogP contribution in [0.4, 0.5) is 13.2 Å². The van der Waals surface area contributed by atoms with E-state index in [9.17, 15) is 18.0 Å². The molecule has 19 heavy (non-hydrogen) atoms. The molecule has 0 radical (unpaired) electrons. The van der Waals surface area contributed by atoms with Crippen LogP contribution in [-0.2, 0) is 9.53 Å². The summed E-state index contributed by atoms with van der Waals surface area (Å²) >= 11 is 0. The fourth-order valence-electron chi connectivity index (χ4n) is 2.62. The molecule has 2 aliphatic rings. The second-order valence-corrected chi connectivity index (χ2v) is 5.72. The molecule has 1 heterocycles. The van der Waals surface area contributed by atoms with Gasteiger partial charge < -0.3 is 9.64 Å².